The highest BCUT2D eigenvalue weighted by molar-refractivity contribution is 5.68. The third-order valence-corrected chi connectivity index (χ3v) is 3.41. The summed E-state index contributed by atoms with van der Waals surface area (Å²) >= 11 is 0. The zero-order valence-electron chi connectivity index (χ0n) is 12.8. The van der Waals surface area contributed by atoms with Crippen LogP contribution in [0.4, 0.5) is 4.79 Å². The molecule has 0 spiro atoms. The molecule has 0 aliphatic carbocycles. The van der Waals surface area contributed by atoms with Gasteiger partial charge in [0.1, 0.15) is 5.60 Å². The molecule has 2 heterocycles. The van der Waals surface area contributed by atoms with Crippen molar-refractivity contribution >= 4 is 6.09 Å². The zero-order valence-corrected chi connectivity index (χ0v) is 12.8. The minimum absolute atomic E-state index is 0.197. The van der Waals surface area contributed by atoms with Gasteiger partial charge in [-0.15, -0.1) is 0 Å². The lowest BCUT2D eigenvalue weighted by atomic mass is 10.0. The number of hydrogen-bond donors (Lipinski definition) is 0. The van der Waals surface area contributed by atoms with Crippen LogP contribution in [0, 0.1) is 12.8 Å². The zero-order chi connectivity index (χ0) is 14.8. The van der Waals surface area contributed by atoms with Crippen LogP contribution in [-0.2, 0) is 11.2 Å². The molecule has 4 nitrogen and oxygen atoms in total. The molecule has 1 saturated heterocycles. The van der Waals surface area contributed by atoms with Gasteiger partial charge in [-0.1, -0.05) is 6.07 Å². The van der Waals surface area contributed by atoms with E-state index in [2.05, 4.69) is 17.1 Å². The first-order valence-electron chi connectivity index (χ1n) is 7.23. The van der Waals surface area contributed by atoms with Crippen molar-refractivity contribution in [2.75, 3.05) is 13.1 Å². The van der Waals surface area contributed by atoms with Crippen molar-refractivity contribution in [1.82, 2.24) is 9.88 Å². The lowest BCUT2D eigenvalue weighted by Gasteiger charge is -2.24. The van der Waals surface area contributed by atoms with Gasteiger partial charge in [0.15, 0.2) is 0 Å². The van der Waals surface area contributed by atoms with Crippen LogP contribution in [-0.4, -0.2) is 34.7 Å². The maximum Gasteiger partial charge on any atom is 0.410 e. The summed E-state index contributed by atoms with van der Waals surface area (Å²) in [6.45, 7) is 9.28. The summed E-state index contributed by atoms with van der Waals surface area (Å²) in [6.07, 6.45) is 3.65. The number of carbonyl (C=O) groups is 1. The molecule has 1 aromatic rings. The predicted molar refractivity (Wildman–Crippen MR) is 78.6 cm³/mol. The first-order valence-corrected chi connectivity index (χ1v) is 7.23. The lowest BCUT2D eigenvalue weighted by Crippen LogP contribution is -2.35. The van der Waals surface area contributed by atoms with Crippen molar-refractivity contribution in [3.05, 3.63) is 29.6 Å². The molecule has 1 aliphatic rings. The van der Waals surface area contributed by atoms with Crippen LogP contribution in [0.5, 0.6) is 0 Å². The van der Waals surface area contributed by atoms with Crippen molar-refractivity contribution in [3.8, 4) is 0 Å². The van der Waals surface area contributed by atoms with Gasteiger partial charge in [-0.2, -0.15) is 0 Å². The van der Waals surface area contributed by atoms with Gasteiger partial charge in [0.05, 0.1) is 0 Å². The van der Waals surface area contributed by atoms with Gasteiger partial charge in [-0.3, -0.25) is 4.98 Å². The molecule has 1 aromatic heterocycles. The molecule has 1 atom stereocenters. The Morgan fingerprint density at radius 2 is 2.20 bits per heavy atom. The highest BCUT2D eigenvalue weighted by atomic mass is 16.6. The Morgan fingerprint density at radius 3 is 2.80 bits per heavy atom. The second-order valence-corrected chi connectivity index (χ2v) is 6.61. The quantitative estimate of drug-likeness (QED) is 0.833. The SMILES string of the molecule is Cc1ccc(C[C@@H]2CCN(C(=O)OC(C)(C)C)C2)nc1. The smallest absolute Gasteiger partial charge is 0.410 e. The molecule has 0 N–H and O–H groups in total. The Hall–Kier alpha value is -1.58. The average molecular weight is 276 g/mol. The largest absolute Gasteiger partial charge is 0.444 e. The van der Waals surface area contributed by atoms with Crippen LogP contribution >= 0.6 is 0 Å². The van der Waals surface area contributed by atoms with Crippen LogP contribution in [0.2, 0.25) is 0 Å². The van der Waals surface area contributed by atoms with Gasteiger partial charge in [-0.05, 0) is 58.1 Å². The topological polar surface area (TPSA) is 42.4 Å². The Kier molecular flexibility index (Phi) is 4.31. The summed E-state index contributed by atoms with van der Waals surface area (Å²) in [4.78, 5) is 18.2. The number of rotatable bonds is 2. The van der Waals surface area contributed by atoms with Crippen LogP contribution in [0.25, 0.3) is 0 Å². The van der Waals surface area contributed by atoms with Crippen molar-refractivity contribution < 1.29 is 9.53 Å². The Bertz CT molecular complexity index is 462. The molecule has 1 aliphatic heterocycles. The van der Waals surface area contributed by atoms with E-state index in [9.17, 15) is 4.79 Å². The van der Waals surface area contributed by atoms with Crippen molar-refractivity contribution in [2.24, 2.45) is 5.92 Å². The van der Waals surface area contributed by atoms with Crippen LogP contribution in [0.15, 0.2) is 18.3 Å². The molecular formula is C16H24N2O2. The summed E-state index contributed by atoms with van der Waals surface area (Å²) in [7, 11) is 0. The van der Waals surface area contributed by atoms with Crippen LogP contribution in [0.3, 0.4) is 0 Å². The van der Waals surface area contributed by atoms with E-state index in [1.54, 1.807) is 0 Å². The Morgan fingerprint density at radius 1 is 1.45 bits per heavy atom. The molecule has 0 aromatic carbocycles. The van der Waals surface area contributed by atoms with E-state index in [1.807, 2.05) is 38.8 Å². The van der Waals surface area contributed by atoms with E-state index in [0.29, 0.717) is 5.92 Å². The number of likely N-dealkylation sites (tertiary alicyclic amines) is 1. The minimum Gasteiger partial charge on any atom is -0.444 e. The van der Waals surface area contributed by atoms with E-state index < -0.39 is 5.60 Å². The fourth-order valence-corrected chi connectivity index (χ4v) is 2.41. The van der Waals surface area contributed by atoms with E-state index in [-0.39, 0.29) is 6.09 Å². The number of ether oxygens (including phenoxy) is 1. The summed E-state index contributed by atoms with van der Waals surface area (Å²) in [5, 5.41) is 0. The third kappa shape index (κ3) is 4.22. The monoisotopic (exact) mass is 276 g/mol. The maximum atomic E-state index is 12.0. The molecule has 0 unspecified atom stereocenters. The number of aryl methyl sites for hydroxylation is 1. The summed E-state index contributed by atoms with van der Waals surface area (Å²) in [5.74, 6) is 0.484. The van der Waals surface area contributed by atoms with Crippen molar-refractivity contribution in [2.45, 2.75) is 46.1 Å². The van der Waals surface area contributed by atoms with Gasteiger partial charge in [0.25, 0.3) is 0 Å². The Balaban J connectivity index is 1.86. The average Bonchev–Trinajstić information content (AvgIpc) is 2.79. The minimum atomic E-state index is -0.423. The van der Waals surface area contributed by atoms with Gasteiger partial charge in [-0.25, -0.2) is 4.79 Å². The lowest BCUT2D eigenvalue weighted by molar-refractivity contribution is 0.0288. The molecule has 0 radical (unpaired) electrons. The molecule has 4 heteroatoms. The molecule has 1 amide bonds. The van der Waals surface area contributed by atoms with Gasteiger partial charge in [0, 0.05) is 25.0 Å². The third-order valence-electron chi connectivity index (χ3n) is 3.41. The summed E-state index contributed by atoms with van der Waals surface area (Å²) < 4.78 is 5.41. The maximum absolute atomic E-state index is 12.0. The van der Waals surface area contributed by atoms with E-state index in [1.165, 1.54) is 5.56 Å². The molecule has 0 saturated carbocycles. The fraction of sp³-hybridized carbons (Fsp3) is 0.625. The standard InChI is InChI=1S/C16H24N2O2/c1-12-5-6-14(17-10-12)9-13-7-8-18(11-13)15(19)20-16(2,3)4/h5-6,10,13H,7-9,11H2,1-4H3/t13-/m0/s1. The second-order valence-electron chi connectivity index (χ2n) is 6.61. The normalized spacial score (nSPS) is 19.2. The number of carbonyl (C=O) groups excluding carboxylic acids is 1. The summed E-state index contributed by atoms with van der Waals surface area (Å²) in [6, 6.07) is 4.16. The number of amides is 1. The second kappa shape index (κ2) is 5.81. The number of nitrogens with zero attached hydrogens (tertiary/aromatic N) is 2. The first-order chi connectivity index (χ1) is 9.33. The highest BCUT2D eigenvalue weighted by Crippen LogP contribution is 2.22. The highest BCUT2D eigenvalue weighted by Gasteiger charge is 2.29. The van der Waals surface area contributed by atoms with E-state index in [0.717, 1.165) is 31.6 Å². The summed E-state index contributed by atoms with van der Waals surface area (Å²) in [5.41, 5.74) is 1.86. The number of pyridine rings is 1. The predicted octanol–water partition coefficient (Wildman–Crippen LogP) is 3.19. The van der Waals surface area contributed by atoms with E-state index >= 15 is 0 Å². The van der Waals surface area contributed by atoms with E-state index in [4.69, 9.17) is 4.74 Å². The van der Waals surface area contributed by atoms with Crippen LogP contribution < -0.4 is 0 Å². The first kappa shape index (κ1) is 14.8. The number of aromatic nitrogens is 1. The molecule has 0 bridgehead atoms. The number of hydrogen-bond acceptors (Lipinski definition) is 3. The van der Waals surface area contributed by atoms with Gasteiger partial charge in [0.2, 0.25) is 0 Å². The Labute approximate surface area is 121 Å². The van der Waals surface area contributed by atoms with Crippen molar-refractivity contribution in [3.63, 3.8) is 0 Å². The molecule has 2 rings (SSSR count). The molecule has 1 fully saturated rings. The van der Waals surface area contributed by atoms with Crippen molar-refractivity contribution in [1.29, 1.82) is 0 Å². The van der Waals surface area contributed by atoms with Gasteiger partial charge >= 0.3 is 6.09 Å². The molecule has 20 heavy (non-hydrogen) atoms. The fourth-order valence-electron chi connectivity index (χ4n) is 2.41. The molecule has 110 valence electrons. The van der Waals surface area contributed by atoms with Crippen LogP contribution in [0.1, 0.15) is 38.4 Å². The van der Waals surface area contributed by atoms with Gasteiger partial charge < -0.3 is 9.64 Å². The molecular weight excluding hydrogens is 252 g/mol.